The molecule has 4 aromatic heterocycles. The van der Waals surface area contributed by atoms with Gasteiger partial charge in [-0.3, -0.25) is 8.80 Å². The van der Waals surface area contributed by atoms with Gasteiger partial charge in [0.1, 0.15) is 0 Å². The van der Waals surface area contributed by atoms with Crippen LogP contribution in [-0.2, 0) is 13.1 Å². The number of rotatable bonds is 4. The Bertz CT molecular complexity index is 925. The summed E-state index contributed by atoms with van der Waals surface area (Å²) in [5.74, 6) is 1.32. The highest BCUT2D eigenvalue weighted by Crippen LogP contribution is 2.03. The summed E-state index contributed by atoms with van der Waals surface area (Å²) in [5.41, 5.74) is 1.48. The van der Waals surface area contributed by atoms with Crippen LogP contribution < -0.4 is 10.6 Å². The lowest BCUT2D eigenvalue weighted by atomic mass is 10.4. The molecule has 0 atom stereocenters. The number of carbonyl (C=O) groups excluding carboxylic acids is 1. The number of aromatic nitrogens is 6. The normalized spacial score (nSPS) is 11.0. The summed E-state index contributed by atoms with van der Waals surface area (Å²) in [5, 5.41) is 21.7. The van der Waals surface area contributed by atoms with Crippen LogP contribution >= 0.6 is 0 Å². The molecule has 0 fully saturated rings. The van der Waals surface area contributed by atoms with Gasteiger partial charge in [0, 0.05) is 12.4 Å². The predicted molar refractivity (Wildman–Crippen MR) is 85.0 cm³/mol. The average molecular weight is 322 g/mol. The molecular formula is C15H14N8O. The molecule has 2 N–H and O–H groups in total. The van der Waals surface area contributed by atoms with E-state index in [4.69, 9.17) is 0 Å². The minimum atomic E-state index is -0.310. The van der Waals surface area contributed by atoms with E-state index in [2.05, 4.69) is 31.0 Å². The van der Waals surface area contributed by atoms with E-state index in [1.165, 1.54) is 0 Å². The molecule has 0 saturated carbocycles. The highest BCUT2D eigenvalue weighted by molar-refractivity contribution is 5.73. The summed E-state index contributed by atoms with van der Waals surface area (Å²) in [6.45, 7) is 0.551. The van der Waals surface area contributed by atoms with Gasteiger partial charge in [0.2, 0.25) is 0 Å². The molecule has 0 aliphatic rings. The molecule has 24 heavy (non-hydrogen) atoms. The van der Waals surface area contributed by atoms with Crippen LogP contribution in [0.25, 0.3) is 11.3 Å². The minimum Gasteiger partial charge on any atom is -0.331 e. The predicted octanol–water partition coefficient (Wildman–Crippen LogP) is 0.771. The third-order valence-corrected chi connectivity index (χ3v) is 3.58. The van der Waals surface area contributed by atoms with Crippen molar-refractivity contribution in [2.24, 2.45) is 0 Å². The number of pyridine rings is 2. The minimum absolute atomic E-state index is 0.275. The Kier molecular flexibility index (Phi) is 3.50. The van der Waals surface area contributed by atoms with Crippen molar-refractivity contribution in [2.45, 2.75) is 13.1 Å². The quantitative estimate of drug-likeness (QED) is 0.578. The maximum atomic E-state index is 12.0. The molecule has 0 aliphatic carbocycles. The Balaban J connectivity index is 1.37. The van der Waals surface area contributed by atoms with Crippen molar-refractivity contribution in [3.8, 4) is 0 Å². The molecule has 4 aromatic rings. The topological polar surface area (TPSA) is 102 Å². The van der Waals surface area contributed by atoms with Crippen molar-refractivity contribution in [2.75, 3.05) is 0 Å². The molecule has 0 radical (unpaired) electrons. The second-order valence-corrected chi connectivity index (χ2v) is 5.13. The monoisotopic (exact) mass is 322 g/mol. The number of nitrogens with one attached hydrogen (secondary N) is 2. The molecule has 0 unspecified atom stereocenters. The lowest BCUT2D eigenvalue weighted by Gasteiger charge is -2.06. The Morgan fingerprint density at radius 2 is 1.29 bits per heavy atom. The molecule has 9 heteroatoms. The Morgan fingerprint density at radius 3 is 1.79 bits per heavy atom. The first-order valence-corrected chi connectivity index (χ1v) is 7.40. The maximum absolute atomic E-state index is 12.0. The first kappa shape index (κ1) is 14.1. The summed E-state index contributed by atoms with van der Waals surface area (Å²) in [6.07, 6.45) is 3.71. The summed E-state index contributed by atoms with van der Waals surface area (Å²) in [6, 6.07) is 10.9. The van der Waals surface area contributed by atoms with E-state index in [0.717, 1.165) is 11.3 Å². The largest absolute Gasteiger partial charge is 0.331 e. The highest BCUT2D eigenvalue weighted by atomic mass is 16.2. The number of fused-ring (bicyclic) bond motifs is 2. The zero-order valence-corrected chi connectivity index (χ0v) is 12.6. The second-order valence-electron chi connectivity index (χ2n) is 5.13. The fourth-order valence-corrected chi connectivity index (χ4v) is 2.40. The Hall–Kier alpha value is -3.49. The number of amides is 2. The molecule has 0 bridgehead atoms. The lowest BCUT2D eigenvalue weighted by molar-refractivity contribution is 0.239. The third-order valence-electron chi connectivity index (χ3n) is 3.58. The summed E-state index contributed by atoms with van der Waals surface area (Å²) in [7, 11) is 0. The van der Waals surface area contributed by atoms with Crippen LogP contribution in [0.4, 0.5) is 4.79 Å². The second kappa shape index (κ2) is 5.95. The summed E-state index contributed by atoms with van der Waals surface area (Å²) < 4.78 is 3.65. The molecule has 4 rings (SSSR count). The van der Waals surface area contributed by atoms with E-state index in [1.807, 2.05) is 57.6 Å². The smallest absolute Gasteiger partial charge is 0.315 e. The standard InChI is InChI=1S/C15H14N8O/c24-15(16-9-13-20-18-11-5-1-3-7-22(11)13)17-10-14-21-19-12-6-2-4-8-23(12)14/h1-8H,9-10H2,(H2,16,17,24). The fourth-order valence-electron chi connectivity index (χ4n) is 2.40. The van der Waals surface area contributed by atoms with Crippen molar-refractivity contribution in [1.82, 2.24) is 39.8 Å². The first-order valence-electron chi connectivity index (χ1n) is 7.40. The van der Waals surface area contributed by atoms with Gasteiger partial charge in [0.05, 0.1) is 13.1 Å². The van der Waals surface area contributed by atoms with Crippen LogP contribution in [-0.4, -0.2) is 35.2 Å². The molecule has 2 amide bonds. The molecule has 120 valence electrons. The van der Waals surface area contributed by atoms with Gasteiger partial charge in [-0.15, -0.1) is 20.4 Å². The molecular weight excluding hydrogens is 308 g/mol. The van der Waals surface area contributed by atoms with Gasteiger partial charge in [-0.2, -0.15) is 0 Å². The van der Waals surface area contributed by atoms with E-state index >= 15 is 0 Å². The Labute approximate surface area is 136 Å². The van der Waals surface area contributed by atoms with Crippen molar-refractivity contribution in [1.29, 1.82) is 0 Å². The van der Waals surface area contributed by atoms with Crippen LogP contribution in [0.15, 0.2) is 48.8 Å². The fraction of sp³-hybridized carbons (Fsp3) is 0.133. The average Bonchev–Trinajstić information content (AvgIpc) is 3.22. The zero-order valence-electron chi connectivity index (χ0n) is 12.6. The van der Waals surface area contributed by atoms with E-state index < -0.39 is 0 Å². The van der Waals surface area contributed by atoms with Crippen molar-refractivity contribution >= 4 is 17.3 Å². The van der Waals surface area contributed by atoms with Crippen molar-refractivity contribution in [3.63, 3.8) is 0 Å². The van der Waals surface area contributed by atoms with E-state index in [0.29, 0.717) is 11.6 Å². The van der Waals surface area contributed by atoms with Gasteiger partial charge in [-0.25, -0.2) is 4.79 Å². The number of nitrogens with zero attached hydrogens (tertiary/aromatic N) is 6. The lowest BCUT2D eigenvalue weighted by Crippen LogP contribution is -2.35. The maximum Gasteiger partial charge on any atom is 0.315 e. The number of carbonyl (C=O) groups is 1. The number of hydrogen-bond donors (Lipinski definition) is 2. The van der Waals surface area contributed by atoms with Crippen LogP contribution in [0.1, 0.15) is 11.6 Å². The van der Waals surface area contributed by atoms with E-state index in [1.54, 1.807) is 0 Å². The van der Waals surface area contributed by atoms with Crippen LogP contribution in [0, 0.1) is 0 Å². The molecule has 0 saturated heterocycles. The van der Waals surface area contributed by atoms with Crippen LogP contribution in [0.3, 0.4) is 0 Å². The molecule has 0 spiro atoms. The first-order chi connectivity index (χ1) is 11.8. The van der Waals surface area contributed by atoms with Crippen molar-refractivity contribution < 1.29 is 4.79 Å². The zero-order chi connectivity index (χ0) is 16.4. The van der Waals surface area contributed by atoms with Gasteiger partial charge < -0.3 is 10.6 Å². The van der Waals surface area contributed by atoms with E-state index in [-0.39, 0.29) is 19.1 Å². The Morgan fingerprint density at radius 1 is 0.792 bits per heavy atom. The molecule has 4 heterocycles. The molecule has 0 aliphatic heterocycles. The van der Waals surface area contributed by atoms with E-state index in [9.17, 15) is 4.79 Å². The van der Waals surface area contributed by atoms with Crippen LogP contribution in [0.5, 0.6) is 0 Å². The van der Waals surface area contributed by atoms with Gasteiger partial charge in [-0.05, 0) is 24.3 Å². The SMILES string of the molecule is O=C(NCc1nnc2ccccn12)NCc1nnc2ccccn12. The van der Waals surface area contributed by atoms with Crippen molar-refractivity contribution in [3.05, 3.63) is 60.4 Å². The van der Waals surface area contributed by atoms with Gasteiger partial charge in [-0.1, -0.05) is 12.1 Å². The summed E-state index contributed by atoms with van der Waals surface area (Å²) in [4.78, 5) is 12.0. The number of hydrogen-bond acceptors (Lipinski definition) is 5. The molecule has 0 aromatic carbocycles. The van der Waals surface area contributed by atoms with Gasteiger partial charge in [0.15, 0.2) is 22.9 Å². The molecule has 9 nitrogen and oxygen atoms in total. The summed E-state index contributed by atoms with van der Waals surface area (Å²) >= 11 is 0. The van der Waals surface area contributed by atoms with Gasteiger partial charge in [0.25, 0.3) is 0 Å². The van der Waals surface area contributed by atoms with Gasteiger partial charge >= 0.3 is 6.03 Å². The highest BCUT2D eigenvalue weighted by Gasteiger charge is 2.09. The third kappa shape index (κ3) is 2.62. The number of urea groups is 1. The van der Waals surface area contributed by atoms with Crippen LogP contribution in [0.2, 0.25) is 0 Å².